The van der Waals surface area contributed by atoms with E-state index >= 15 is 0 Å². The van der Waals surface area contributed by atoms with Crippen molar-refractivity contribution < 1.29 is 0 Å². The van der Waals surface area contributed by atoms with Gasteiger partial charge in [-0.1, -0.05) is 12.1 Å². The molecule has 0 aliphatic carbocycles. The fourth-order valence-electron chi connectivity index (χ4n) is 1.55. The topological polar surface area (TPSA) is 67.6 Å². The second-order valence-corrected chi connectivity index (χ2v) is 3.55. The minimum Gasteiger partial charge on any atom is -0.399 e. The van der Waals surface area contributed by atoms with Gasteiger partial charge in [-0.2, -0.15) is 5.26 Å². The largest absolute Gasteiger partial charge is 0.399 e. The summed E-state index contributed by atoms with van der Waals surface area (Å²) in [6.45, 7) is 0.338. The van der Waals surface area contributed by atoms with Crippen LogP contribution in [0.3, 0.4) is 0 Å². The maximum atomic E-state index is 8.65. The molecule has 0 saturated heterocycles. The maximum absolute atomic E-state index is 8.65. The highest BCUT2D eigenvalue weighted by atomic mass is 15.1. The first-order valence-corrected chi connectivity index (χ1v) is 5.01. The van der Waals surface area contributed by atoms with Gasteiger partial charge in [-0.25, -0.2) is 4.98 Å². The Hall–Kier alpha value is -2.28. The zero-order valence-electron chi connectivity index (χ0n) is 8.80. The quantitative estimate of drug-likeness (QED) is 0.785. The van der Waals surface area contributed by atoms with Gasteiger partial charge in [0.2, 0.25) is 0 Å². The Morgan fingerprint density at radius 3 is 2.75 bits per heavy atom. The van der Waals surface area contributed by atoms with Crippen LogP contribution in [0.4, 0.5) is 5.69 Å². The van der Waals surface area contributed by atoms with E-state index in [1.165, 1.54) is 0 Å². The van der Waals surface area contributed by atoms with E-state index in [9.17, 15) is 0 Å². The standard InChI is InChI=1S/C12H12N4/c13-5-7-16-8-6-15-12(16)9-10-1-3-11(14)4-2-10/h1-4,6,8H,7,9,14H2. The van der Waals surface area contributed by atoms with Gasteiger partial charge in [-0.3, -0.25) is 0 Å². The summed E-state index contributed by atoms with van der Waals surface area (Å²) in [4.78, 5) is 4.23. The maximum Gasteiger partial charge on any atom is 0.113 e. The Balaban J connectivity index is 2.17. The van der Waals surface area contributed by atoms with Crippen LogP contribution < -0.4 is 5.73 Å². The first-order valence-electron chi connectivity index (χ1n) is 5.01. The van der Waals surface area contributed by atoms with Crippen LogP contribution in [0.2, 0.25) is 0 Å². The number of hydrogen-bond donors (Lipinski definition) is 1. The van der Waals surface area contributed by atoms with Crippen molar-refractivity contribution in [3.63, 3.8) is 0 Å². The molecule has 0 amide bonds. The fourth-order valence-corrected chi connectivity index (χ4v) is 1.55. The molecule has 16 heavy (non-hydrogen) atoms. The molecule has 0 aliphatic heterocycles. The number of benzene rings is 1. The van der Waals surface area contributed by atoms with Gasteiger partial charge in [0.1, 0.15) is 12.4 Å². The van der Waals surface area contributed by atoms with Gasteiger partial charge in [0.15, 0.2) is 0 Å². The molecule has 1 aromatic heterocycles. The zero-order chi connectivity index (χ0) is 11.4. The Kier molecular flexibility index (Phi) is 2.88. The lowest BCUT2D eigenvalue weighted by atomic mass is 10.1. The molecule has 80 valence electrons. The second kappa shape index (κ2) is 4.49. The van der Waals surface area contributed by atoms with E-state index in [-0.39, 0.29) is 0 Å². The number of nitrogens with zero attached hydrogens (tertiary/aromatic N) is 3. The second-order valence-electron chi connectivity index (χ2n) is 3.55. The third-order valence-corrected chi connectivity index (χ3v) is 2.38. The monoisotopic (exact) mass is 212 g/mol. The van der Waals surface area contributed by atoms with Crippen LogP contribution in [0.15, 0.2) is 36.7 Å². The van der Waals surface area contributed by atoms with E-state index in [1.54, 1.807) is 6.20 Å². The summed E-state index contributed by atoms with van der Waals surface area (Å²) in [7, 11) is 0. The number of aromatic nitrogens is 2. The molecule has 0 radical (unpaired) electrons. The molecule has 0 spiro atoms. The molecule has 1 aromatic carbocycles. The summed E-state index contributed by atoms with van der Waals surface area (Å²) in [5.41, 5.74) is 7.51. The Morgan fingerprint density at radius 2 is 2.06 bits per heavy atom. The molecule has 0 aliphatic rings. The lowest BCUT2D eigenvalue weighted by Gasteiger charge is -2.04. The van der Waals surface area contributed by atoms with Crippen molar-refractivity contribution in [3.8, 4) is 6.07 Å². The summed E-state index contributed by atoms with van der Waals surface area (Å²) in [5.74, 6) is 0.895. The van der Waals surface area contributed by atoms with Crippen LogP contribution in [-0.4, -0.2) is 9.55 Å². The molecule has 2 N–H and O–H groups in total. The van der Waals surface area contributed by atoms with Crippen molar-refractivity contribution >= 4 is 5.69 Å². The SMILES string of the molecule is N#CCn1ccnc1Cc1ccc(N)cc1. The van der Waals surface area contributed by atoms with E-state index in [0.717, 1.165) is 23.5 Å². The molecule has 4 nitrogen and oxygen atoms in total. The van der Waals surface area contributed by atoms with Crippen LogP contribution >= 0.6 is 0 Å². The number of nitrogen functional groups attached to an aromatic ring is 1. The zero-order valence-corrected chi connectivity index (χ0v) is 8.80. The number of hydrogen-bond acceptors (Lipinski definition) is 3. The number of nitrogens with two attached hydrogens (primary N) is 1. The number of nitriles is 1. The molecule has 0 unspecified atom stereocenters. The third-order valence-electron chi connectivity index (χ3n) is 2.38. The molecule has 2 aromatic rings. The Morgan fingerprint density at radius 1 is 1.31 bits per heavy atom. The summed E-state index contributed by atoms with van der Waals surface area (Å²) in [5, 5.41) is 8.65. The van der Waals surface area contributed by atoms with E-state index in [1.807, 2.05) is 35.0 Å². The van der Waals surface area contributed by atoms with Crippen LogP contribution in [-0.2, 0) is 13.0 Å². The average molecular weight is 212 g/mol. The molecule has 0 atom stereocenters. The van der Waals surface area contributed by atoms with Crippen LogP contribution in [0.1, 0.15) is 11.4 Å². The molecule has 2 rings (SSSR count). The van der Waals surface area contributed by atoms with Crippen molar-refractivity contribution in [1.29, 1.82) is 5.26 Å². The average Bonchev–Trinajstić information content (AvgIpc) is 2.70. The highest BCUT2D eigenvalue weighted by molar-refractivity contribution is 5.39. The molecule has 0 bridgehead atoms. The van der Waals surface area contributed by atoms with Crippen LogP contribution in [0.25, 0.3) is 0 Å². The van der Waals surface area contributed by atoms with Crippen molar-refractivity contribution in [2.45, 2.75) is 13.0 Å². The van der Waals surface area contributed by atoms with Gasteiger partial charge >= 0.3 is 0 Å². The lowest BCUT2D eigenvalue weighted by molar-refractivity contribution is 0.765. The van der Waals surface area contributed by atoms with Crippen LogP contribution in [0, 0.1) is 11.3 Å². The predicted molar refractivity (Wildman–Crippen MR) is 61.5 cm³/mol. The Labute approximate surface area is 94.0 Å². The summed E-state index contributed by atoms with van der Waals surface area (Å²) >= 11 is 0. The van der Waals surface area contributed by atoms with Gasteiger partial charge in [-0.15, -0.1) is 0 Å². The van der Waals surface area contributed by atoms with Crippen LogP contribution in [0.5, 0.6) is 0 Å². The van der Waals surface area contributed by atoms with Crippen molar-refractivity contribution in [1.82, 2.24) is 9.55 Å². The van der Waals surface area contributed by atoms with Gasteiger partial charge in [0.25, 0.3) is 0 Å². The molecule has 1 heterocycles. The summed E-state index contributed by atoms with van der Waals surface area (Å²) in [6, 6.07) is 9.79. The van der Waals surface area contributed by atoms with E-state index < -0.39 is 0 Å². The molecular weight excluding hydrogens is 200 g/mol. The normalized spacial score (nSPS) is 9.94. The van der Waals surface area contributed by atoms with Crippen molar-refractivity contribution in [3.05, 3.63) is 48.0 Å². The summed E-state index contributed by atoms with van der Waals surface area (Å²) < 4.78 is 1.84. The van der Waals surface area contributed by atoms with Gasteiger partial charge < -0.3 is 10.3 Å². The van der Waals surface area contributed by atoms with Gasteiger partial charge in [0, 0.05) is 24.5 Å². The third kappa shape index (κ3) is 2.20. The highest BCUT2D eigenvalue weighted by Gasteiger charge is 2.03. The molecule has 4 heteroatoms. The first-order chi connectivity index (χ1) is 7.79. The van der Waals surface area contributed by atoms with Gasteiger partial charge in [-0.05, 0) is 17.7 Å². The minimum absolute atomic E-state index is 0.338. The predicted octanol–water partition coefficient (Wildman–Crippen LogP) is 1.58. The number of rotatable bonds is 3. The Bertz CT molecular complexity index is 505. The fraction of sp³-hybridized carbons (Fsp3) is 0.167. The van der Waals surface area contributed by atoms with E-state index in [2.05, 4.69) is 11.1 Å². The van der Waals surface area contributed by atoms with E-state index in [0.29, 0.717) is 6.54 Å². The van der Waals surface area contributed by atoms with Crippen molar-refractivity contribution in [2.75, 3.05) is 5.73 Å². The minimum atomic E-state index is 0.338. The lowest BCUT2D eigenvalue weighted by Crippen LogP contribution is -2.02. The number of imidazole rings is 1. The van der Waals surface area contributed by atoms with Gasteiger partial charge in [0.05, 0.1) is 6.07 Å². The summed E-state index contributed by atoms with van der Waals surface area (Å²) in [6.07, 6.45) is 4.24. The first kappa shape index (κ1) is 10.2. The smallest absolute Gasteiger partial charge is 0.113 e. The molecule has 0 fully saturated rings. The molecule has 0 saturated carbocycles. The van der Waals surface area contributed by atoms with E-state index in [4.69, 9.17) is 11.0 Å². The molecular formula is C12H12N4. The highest BCUT2D eigenvalue weighted by Crippen LogP contribution is 2.10. The number of anilines is 1. The van der Waals surface area contributed by atoms with Crippen molar-refractivity contribution in [2.24, 2.45) is 0 Å².